The average molecular weight is 574 g/mol. The van der Waals surface area contributed by atoms with E-state index >= 15 is 4.39 Å². The van der Waals surface area contributed by atoms with Crippen LogP contribution in [-0.4, -0.2) is 59.8 Å². The zero-order chi connectivity index (χ0) is 28.3. The van der Waals surface area contributed by atoms with Crippen LogP contribution in [0, 0.1) is 5.82 Å². The van der Waals surface area contributed by atoms with Gasteiger partial charge in [-0.15, -0.1) is 11.3 Å². The van der Waals surface area contributed by atoms with E-state index < -0.39 is 11.7 Å². The molecule has 5 aromatic heterocycles. The van der Waals surface area contributed by atoms with E-state index in [1.807, 2.05) is 12.1 Å². The Morgan fingerprint density at radius 3 is 2.78 bits per heavy atom. The lowest BCUT2D eigenvalue weighted by Gasteiger charge is -2.16. The molecule has 0 bridgehead atoms. The summed E-state index contributed by atoms with van der Waals surface area (Å²) >= 11 is 1.35. The summed E-state index contributed by atoms with van der Waals surface area (Å²) in [7, 11) is 0. The number of aromatic amines is 2. The lowest BCUT2D eigenvalue weighted by molar-refractivity contribution is 0.0115. The Hall–Kier alpha value is -4.42. The predicted molar refractivity (Wildman–Crippen MR) is 150 cm³/mol. The molecular weight excluding hydrogens is 551 g/mol. The van der Waals surface area contributed by atoms with Gasteiger partial charge in [-0.25, -0.2) is 18.2 Å². The fraction of sp³-hybridized carbons (Fsp3) is 0.207. The highest BCUT2D eigenvalue weighted by Gasteiger charge is 2.38. The standard InChI is InChI=1S/C29H22F3N7OS/c1-15(40)23-2-3-24(41-23)27-26-21(4-6-34-27)35-28(36-26)25-19-9-18(20(30)10-22(19)37-38-25)17-8-16(11-33-12-17)13-39-7-5-29(31,32)14-39/h2-4,6,8-12H,5,7,13-14H2,1H3,(H,35,36)(H,37,38). The molecule has 0 saturated carbocycles. The molecule has 12 heteroatoms. The number of imidazole rings is 1. The van der Waals surface area contributed by atoms with E-state index in [1.54, 1.807) is 41.7 Å². The Morgan fingerprint density at radius 2 is 2.00 bits per heavy atom. The summed E-state index contributed by atoms with van der Waals surface area (Å²) < 4.78 is 42.6. The zero-order valence-electron chi connectivity index (χ0n) is 21.7. The number of carbonyl (C=O) groups is 1. The number of nitrogens with one attached hydrogen (secondary N) is 2. The van der Waals surface area contributed by atoms with Gasteiger partial charge in [-0.2, -0.15) is 5.10 Å². The summed E-state index contributed by atoms with van der Waals surface area (Å²) in [5.74, 6) is -2.69. The molecular formula is C29H22F3N7OS. The summed E-state index contributed by atoms with van der Waals surface area (Å²) in [6.45, 7) is 1.84. The highest BCUT2D eigenvalue weighted by atomic mass is 32.1. The van der Waals surface area contributed by atoms with Gasteiger partial charge in [0.2, 0.25) is 0 Å². The molecule has 0 atom stereocenters. The number of Topliss-reactive ketones (excluding diaryl/α,β-unsaturated/α-hetero) is 1. The van der Waals surface area contributed by atoms with Crippen LogP contribution >= 0.6 is 11.3 Å². The second-order valence-electron chi connectivity index (χ2n) is 10.2. The zero-order valence-corrected chi connectivity index (χ0v) is 22.5. The van der Waals surface area contributed by atoms with E-state index in [0.717, 1.165) is 16.0 Å². The van der Waals surface area contributed by atoms with Crippen LogP contribution in [0.5, 0.6) is 0 Å². The molecule has 0 radical (unpaired) electrons. The summed E-state index contributed by atoms with van der Waals surface area (Å²) in [6, 6.07) is 10.3. The van der Waals surface area contributed by atoms with Crippen LogP contribution in [0.4, 0.5) is 13.2 Å². The molecule has 1 saturated heterocycles. The second kappa shape index (κ2) is 9.60. The number of thiophene rings is 1. The van der Waals surface area contributed by atoms with Crippen LogP contribution in [0.3, 0.4) is 0 Å². The van der Waals surface area contributed by atoms with E-state index in [-0.39, 0.29) is 18.7 Å². The van der Waals surface area contributed by atoms with Crippen LogP contribution in [0.1, 0.15) is 28.6 Å². The Balaban J connectivity index is 1.26. The lowest BCUT2D eigenvalue weighted by atomic mass is 10.0. The van der Waals surface area contributed by atoms with Crippen molar-refractivity contribution in [3.05, 3.63) is 71.2 Å². The third-order valence-electron chi connectivity index (χ3n) is 7.22. The number of pyridine rings is 2. The first-order valence-corrected chi connectivity index (χ1v) is 13.7. The molecule has 6 heterocycles. The number of benzene rings is 1. The first kappa shape index (κ1) is 25.5. The van der Waals surface area contributed by atoms with Crippen molar-refractivity contribution in [2.45, 2.75) is 25.8 Å². The van der Waals surface area contributed by atoms with Crippen LogP contribution in [-0.2, 0) is 6.54 Å². The highest BCUT2D eigenvalue weighted by molar-refractivity contribution is 7.17. The van der Waals surface area contributed by atoms with Gasteiger partial charge < -0.3 is 4.98 Å². The van der Waals surface area contributed by atoms with Gasteiger partial charge in [-0.3, -0.25) is 24.8 Å². The van der Waals surface area contributed by atoms with Crippen LogP contribution in [0.15, 0.2) is 55.0 Å². The van der Waals surface area contributed by atoms with Crippen molar-refractivity contribution in [1.29, 1.82) is 0 Å². The molecule has 41 heavy (non-hydrogen) atoms. The number of rotatable bonds is 6. The maximum absolute atomic E-state index is 15.3. The van der Waals surface area contributed by atoms with Gasteiger partial charge in [0.1, 0.15) is 22.7 Å². The Labute approximate surface area is 235 Å². The largest absolute Gasteiger partial charge is 0.336 e. The van der Waals surface area contributed by atoms with Crippen molar-refractivity contribution in [2.24, 2.45) is 0 Å². The number of alkyl halides is 2. The van der Waals surface area contributed by atoms with Gasteiger partial charge in [0.05, 0.1) is 27.3 Å². The smallest absolute Gasteiger partial charge is 0.261 e. The molecule has 1 fully saturated rings. The third kappa shape index (κ3) is 4.68. The van der Waals surface area contributed by atoms with Crippen molar-refractivity contribution in [1.82, 2.24) is 35.0 Å². The topological polar surface area (TPSA) is 103 Å². The number of aromatic nitrogens is 6. The number of fused-ring (bicyclic) bond motifs is 2. The van der Waals surface area contributed by atoms with Crippen molar-refractivity contribution < 1.29 is 18.0 Å². The maximum atomic E-state index is 15.3. The molecule has 1 aliphatic heterocycles. The van der Waals surface area contributed by atoms with Gasteiger partial charge >= 0.3 is 0 Å². The van der Waals surface area contributed by atoms with Crippen molar-refractivity contribution in [3.8, 4) is 33.2 Å². The molecule has 0 amide bonds. The molecule has 2 N–H and O–H groups in total. The fourth-order valence-corrected chi connectivity index (χ4v) is 6.14. The number of carbonyl (C=O) groups excluding carboxylic acids is 1. The minimum atomic E-state index is -2.69. The third-order valence-corrected chi connectivity index (χ3v) is 8.42. The van der Waals surface area contributed by atoms with E-state index in [4.69, 9.17) is 4.98 Å². The number of hydrogen-bond donors (Lipinski definition) is 2. The summed E-state index contributed by atoms with van der Waals surface area (Å²) in [4.78, 5) is 31.8. The Kier molecular flexibility index (Phi) is 5.98. The molecule has 8 nitrogen and oxygen atoms in total. The number of hydrogen-bond acceptors (Lipinski definition) is 7. The van der Waals surface area contributed by atoms with Crippen LogP contribution in [0.25, 0.3) is 55.2 Å². The maximum Gasteiger partial charge on any atom is 0.261 e. The summed E-state index contributed by atoms with van der Waals surface area (Å²) in [5, 5.41) is 7.96. The van der Waals surface area contributed by atoms with E-state index in [0.29, 0.717) is 62.7 Å². The van der Waals surface area contributed by atoms with Crippen LogP contribution < -0.4 is 0 Å². The van der Waals surface area contributed by atoms with Crippen molar-refractivity contribution >= 4 is 39.1 Å². The van der Waals surface area contributed by atoms with Gasteiger partial charge in [0.15, 0.2) is 11.6 Å². The Morgan fingerprint density at radius 1 is 1.12 bits per heavy atom. The number of nitrogens with zero attached hydrogens (tertiary/aromatic N) is 5. The quantitative estimate of drug-likeness (QED) is 0.221. The van der Waals surface area contributed by atoms with E-state index in [1.165, 1.54) is 24.3 Å². The SMILES string of the molecule is CC(=O)c1ccc(-c2nccc3[nH]c(-c4n[nH]c5cc(F)c(-c6cncc(CN7CCC(F)(F)C7)c6)cc45)nc23)s1. The van der Waals surface area contributed by atoms with E-state index in [2.05, 4.69) is 25.1 Å². The molecule has 7 rings (SSSR count). The molecule has 1 aliphatic rings. The van der Waals surface area contributed by atoms with Crippen LogP contribution in [0.2, 0.25) is 0 Å². The second-order valence-corrected chi connectivity index (χ2v) is 11.3. The summed E-state index contributed by atoms with van der Waals surface area (Å²) in [6.07, 6.45) is 4.68. The van der Waals surface area contributed by atoms with Gasteiger partial charge in [-0.05, 0) is 42.8 Å². The minimum absolute atomic E-state index is 0.0134. The van der Waals surface area contributed by atoms with E-state index in [9.17, 15) is 13.6 Å². The molecule has 1 aromatic carbocycles. The van der Waals surface area contributed by atoms with Gasteiger partial charge in [-0.1, -0.05) is 0 Å². The lowest BCUT2D eigenvalue weighted by Crippen LogP contribution is -2.24. The number of halogens is 3. The number of likely N-dealkylation sites (tertiary alicyclic amines) is 1. The molecule has 0 spiro atoms. The van der Waals surface area contributed by atoms with Gasteiger partial charge in [0, 0.05) is 60.7 Å². The predicted octanol–water partition coefficient (Wildman–Crippen LogP) is 6.47. The van der Waals surface area contributed by atoms with Gasteiger partial charge in [0.25, 0.3) is 5.92 Å². The summed E-state index contributed by atoms with van der Waals surface area (Å²) in [5.41, 5.74) is 4.59. The first-order chi connectivity index (χ1) is 19.7. The molecule has 206 valence electrons. The normalized spacial score (nSPS) is 15.3. The van der Waals surface area contributed by atoms with Crippen molar-refractivity contribution in [2.75, 3.05) is 13.1 Å². The Bertz CT molecular complexity index is 1960. The highest BCUT2D eigenvalue weighted by Crippen LogP contribution is 2.36. The molecule has 0 unspecified atom stereocenters. The first-order valence-electron chi connectivity index (χ1n) is 12.9. The minimum Gasteiger partial charge on any atom is -0.336 e. The number of H-pyrrole nitrogens is 2. The number of ketones is 1. The average Bonchev–Trinajstić information content (AvgIpc) is 3.73. The van der Waals surface area contributed by atoms with Crippen molar-refractivity contribution in [3.63, 3.8) is 0 Å². The fourth-order valence-electron chi connectivity index (χ4n) is 5.24. The molecule has 0 aliphatic carbocycles. The monoisotopic (exact) mass is 573 g/mol. The molecule has 6 aromatic rings.